The maximum absolute atomic E-state index is 10.1. The van der Waals surface area contributed by atoms with Crippen molar-refractivity contribution in [2.45, 2.75) is 26.9 Å². The van der Waals surface area contributed by atoms with Crippen molar-refractivity contribution >= 4 is 11.3 Å². The highest BCUT2D eigenvalue weighted by Crippen LogP contribution is 2.31. The van der Waals surface area contributed by atoms with Crippen molar-refractivity contribution in [3.8, 4) is 0 Å². The van der Waals surface area contributed by atoms with Crippen molar-refractivity contribution in [3.63, 3.8) is 0 Å². The Hall–Kier alpha value is -1.06. The van der Waals surface area contributed by atoms with Crippen LogP contribution in [0.15, 0.2) is 22.6 Å². The second-order valence-corrected chi connectivity index (χ2v) is 5.04. The molecule has 2 aromatic rings. The van der Waals surface area contributed by atoms with Crippen LogP contribution in [0.2, 0.25) is 0 Å². The first kappa shape index (κ1) is 10.5. The number of rotatable bonds is 2. The molecule has 0 fully saturated rings. The van der Waals surface area contributed by atoms with Crippen LogP contribution in [0.3, 0.4) is 0 Å². The number of aryl methyl sites for hydroxylation is 3. The zero-order valence-corrected chi connectivity index (χ0v) is 9.89. The predicted octanol–water partition coefficient (Wildman–Crippen LogP) is 3.35. The van der Waals surface area contributed by atoms with E-state index in [-0.39, 0.29) is 0 Å². The van der Waals surface area contributed by atoms with Crippen LogP contribution in [0.5, 0.6) is 0 Å². The molecule has 0 aliphatic rings. The second kappa shape index (κ2) is 3.83. The Balaban J connectivity index is 2.35. The third-order valence-electron chi connectivity index (χ3n) is 2.40. The van der Waals surface area contributed by atoms with Crippen molar-refractivity contribution < 1.29 is 9.52 Å². The van der Waals surface area contributed by atoms with E-state index in [0.29, 0.717) is 0 Å². The Kier molecular flexibility index (Phi) is 2.67. The summed E-state index contributed by atoms with van der Waals surface area (Å²) in [6.07, 6.45) is -0.554. The van der Waals surface area contributed by atoms with Crippen molar-refractivity contribution in [2.24, 2.45) is 0 Å². The predicted molar refractivity (Wildman–Crippen MR) is 61.3 cm³/mol. The van der Waals surface area contributed by atoms with Gasteiger partial charge in [0.2, 0.25) is 0 Å². The SMILES string of the molecule is Cc1cc(C(O)c2ccc(C)s2)c(C)o1. The highest BCUT2D eigenvalue weighted by atomic mass is 32.1. The van der Waals surface area contributed by atoms with Gasteiger partial charge >= 0.3 is 0 Å². The Morgan fingerprint density at radius 1 is 1.27 bits per heavy atom. The number of aliphatic hydroxyl groups excluding tert-OH is 1. The standard InChI is InChI=1S/C12H14O2S/c1-7-6-10(9(3)14-7)12(13)11-5-4-8(2)15-11/h4-6,12-13H,1-3H3. The molecule has 15 heavy (non-hydrogen) atoms. The molecule has 2 heterocycles. The number of hydrogen-bond donors (Lipinski definition) is 1. The van der Waals surface area contributed by atoms with Crippen LogP contribution in [-0.4, -0.2) is 5.11 Å². The Morgan fingerprint density at radius 2 is 2.00 bits per heavy atom. The lowest BCUT2D eigenvalue weighted by molar-refractivity contribution is 0.222. The van der Waals surface area contributed by atoms with Crippen molar-refractivity contribution in [2.75, 3.05) is 0 Å². The normalized spacial score (nSPS) is 13.1. The van der Waals surface area contributed by atoms with E-state index in [2.05, 4.69) is 0 Å². The molecule has 2 nitrogen and oxygen atoms in total. The average molecular weight is 222 g/mol. The van der Waals surface area contributed by atoms with E-state index in [1.54, 1.807) is 11.3 Å². The van der Waals surface area contributed by atoms with Crippen molar-refractivity contribution in [1.82, 2.24) is 0 Å². The molecule has 3 heteroatoms. The van der Waals surface area contributed by atoms with E-state index >= 15 is 0 Å². The minimum atomic E-state index is -0.554. The summed E-state index contributed by atoms with van der Waals surface area (Å²) in [7, 11) is 0. The minimum absolute atomic E-state index is 0.554. The van der Waals surface area contributed by atoms with Crippen molar-refractivity contribution in [1.29, 1.82) is 0 Å². The van der Waals surface area contributed by atoms with Crippen molar-refractivity contribution in [3.05, 3.63) is 45.0 Å². The molecule has 1 unspecified atom stereocenters. The van der Waals surface area contributed by atoms with E-state index in [1.165, 1.54) is 4.88 Å². The average Bonchev–Trinajstić information content (AvgIpc) is 2.71. The zero-order chi connectivity index (χ0) is 11.0. The Labute approximate surface area is 93.2 Å². The number of thiophene rings is 1. The summed E-state index contributed by atoms with van der Waals surface area (Å²) in [5.74, 6) is 1.64. The Bertz CT molecular complexity index is 468. The first-order valence-electron chi connectivity index (χ1n) is 4.89. The molecule has 1 atom stereocenters. The fourth-order valence-corrected chi connectivity index (χ4v) is 2.56. The van der Waals surface area contributed by atoms with Crippen LogP contribution in [-0.2, 0) is 0 Å². The summed E-state index contributed by atoms with van der Waals surface area (Å²) in [4.78, 5) is 2.18. The number of aliphatic hydroxyl groups is 1. The molecule has 80 valence electrons. The van der Waals surface area contributed by atoms with Gasteiger partial charge < -0.3 is 9.52 Å². The highest BCUT2D eigenvalue weighted by Gasteiger charge is 2.17. The third-order valence-corrected chi connectivity index (χ3v) is 3.46. The van der Waals surface area contributed by atoms with Crippen LogP contribution in [0.4, 0.5) is 0 Å². The maximum atomic E-state index is 10.1. The summed E-state index contributed by atoms with van der Waals surface area (Å²) in [6, 6.07) is 5.88. The minimum Gasteiger partial charge on any atom is -0.466 e. The molecule has 0 aliphatic heterocycles. The second-order valence-electron chi connectivity index (χ2n) is 3.72. The molecule has 0 saturated heterocycles. The summed E-state index contributed by atoms with van der Waals surface area (Å²) < 4.78 is 5.41. The number of furan rings is 1. The van der Waals surface area contributed by atoms with Crippen LogP contribution >= 0.6 is 11.3 Å². The first-order valence-corrected chi connectivity index (χ1v) is 5.71. The summed E-state index contributed by atoms with van der Waals surface area (Å²) >= 11 is 1.62. The molecule has 0 radical (unpaired) electrons. The molecule has 0 amide bonds. The first-order chi connectivity index (χ1) is 7.08. The Morgan fingerprint density at radius 3 is 2.47 bits per heavy atom. The van der Waals surface area contributed by atoms with Crippen LogP contribution < -0.4 is 0 Å². The van der Waals surface area contributed by atoms with E-state index in [9.17, 15) is 5.11 Å². The van der Waals surface area contributed by atoms with Gasteiger partial charge in [-0.1, -0.05) is 0 Å². The van der Waals surface area contributed by atoms with E-state index < -0.39 is 6.10 Å². The smallest absolute Gasteiger partial charge is 0.117 e. The molecular weight excluding hydrogens is 208 g/mol. The van der Waals surface area contributed by atoms with Gasteiger partial charge in [0.15, 0.2) is 0 Å². The van der Waals surface area contributed by atoms with Crippen LogP contribution in [0.25, 0.3) is 0 Å². The number of hydrogen-bond acceptors (Lipinski definition) is 3. The van der Waals surface area contributed by atoms with Crippen LogP contribution in [0, 0.1) is 20.8 Å². The summed E-state index contributed by atoms with van der Waals surface area (Å²) in [6.45, 7) is 5.81. The van der Waals surface area contributed by atoms with Gasteiger partial charge in [0.05, 0.1) is 0 Å². The van der Waals surface area contributed by atoms with Gasteiger partial charge in [-0.05, 0) is 39.0 Å². The highest BCUT2D eigenvalue weighted by molar-refractivity contribution is 7.12. The quantitative estimate of drug-likeness (QED) is 0.845. The molecular formula is C12H14O2S. The van der Waals surface area contributed by atoms with E-state index in [4.69, 9.17) is 4.42 Å². The molecule has 0 aliphatic carbocycles. The lowest BCUT2D eigenvalue weighted by atomic mass is 10.1. The summed E-state index contributed by atoms with van der Waals surface area (Å²) in [5.41, 5.74) is 0.870. The maximum Gasteiger partial charge on any atom is 0.117 e. The third kappa shape index (κ3) is 1.98. The summed E-state index contributed by atoms with van der Waals surface area (Å²) in [5, 5.41) is 10.1. The molecule has 1 N–H and O–H groups in total. The molecule has 2 rings (SSSR count). The lowest BCUT2D eigenvalue weighted by Crippen LogP contribution is -1.96. The molecule has 0 saturated carbocycles. The lowest BCUT2D eigenvalue weighted by Gasteiger charge is -2.06. The fourth-order valence-electron chi connectivity index (χ4n) is 1.68. The van der Waals surface area contributed by atoms with Gasteiger partial charge in [0.1, 0.15) is 17.6 Å². The monoisotopic (exact) mass is 222 g/mol. The van der Waals surface area contributed by atoms with E-state index in [1.807, 2.05) is 39.0 Å². The fraction of sp³-hybridized carbons (Fsp3) is 0.333. The van der Waals surface area contributed by atoms with Gasteiger partial charge in [0, 0.05) is 15.3 Å². The van der Waals surface area contributed by atoms with Gasteiger partial charge in [0.25, 0.3) is 0 Å². The largest absolute Gasteiger partial charge is 0.466 e. The van der Waals surface area contributed by atoms with Gasteiger partial charge in [-0.25, -0.2) is 0 Å². The molecule has 2 aromatic heterocycles. The van der Waals surface area contributed by atoms with E-state index in [0.717, 1.165) is 22.0 Å². The topological polar surface area (TPSA) is 33.4 Å². The van der Waals surface area contributed by atoms with Gasteiger partial charge in [-0.2, -0.15) is 0 Å². The van der Waals surface area contributed by atoms with Gasteiger partial charge in [-0.3, -0.25) is 0 Å². The zero-order valence-electron chi connectivity index (χ0n) is 9.07. The van der Waals surface area contributed by atoms with Crippen LogP contribution in [0.1, 0.15) is 32.9 Å². The molecule has 0 bridgehead atoms. The molecule has 0 aromatic carbocycles. The van der Waals surface area contributed by atoms with Gasteiger partial charge in [-0.15, -0.1) is 11.3 Å². The molecule has 0 spiro atoms.